The third-order valence-corrected chi connectivity index (χ3v) is 8.41. The summed E-state index contributed by atoms with van der Waals surface area (Å²) in [6.07, 6.45) is 0.295. The molecule has 2 amide bonds. The lowest BCUT2D eigenvalue weighted by Crippen LogP contribution is -2.56. The molecule has 1 saturated carbocycles. The van der Waals surface area contributed by atoms with E-state index in [4.69, 9.17) is 4.74 Å². The average molecular weight is 591 g/mol. The van der Waals surface area contributed by atoms with Crippen LogP contribution >= 0.6 is 0 Å². The van der Waals surface area contributed by atoms with E-state index in [1.807, 2.05) is 86.6 Å². The van der Waals surface area contributed by atoms with Gasteiger partial charge >= 0.3 is 0 Å². The van der Waals surface area contributed by atoms with Crippen molar-refractivity contribution in [1.82, 2.24) is 0 Å². The summed E-state index contributed by atoms with van der Waals surface area (Å²) in [5.74, 6) is -4.39. The van der Waals surface area contributed by atoms with Crippen LogP contribution in [-0.4, -0.2) is 34.9 Å². The number of carbonyl (C=O) groups excluding carboxylic acids is 3. The molecule has 0 radical (unpaired) electrons. The largest absolute Gasteiger partial charge is 0.493 e. The molecule has 7 nitrogen and oxygen atoms in total. The molecule has 0 bridgehead atoms. The van der Waals surface area contributed by atoms with Crippen LogP contribution in [0.3, 0.4) is 0 Å². The normalized spacial score (nSPS) is 21.4. The van der Waals surface area contributed by atoms with Crippen LogP contribution in [-0.2, 0) is 20.8 Å². The first-order valence-electron chi connectivity index (χ1n) is 14.9. The second kappa shape index (κ2) is 13.3. The first kappa shape index (κ1) is 30.7. The Hall–Kier alpha value is -4.75. The average Bonchev–Trinajstić information content (AvgIpc) is 2.99. The highest BCUT2D eigenvalue weighted by Crippen LogP contribution is 2.49. The van der Waals surface area contributed by atoms with Gasteiger partial charge in [0.15, 0.2) is 0 Å². The van der Waals surface area contributed by atoms with E-state index in [1.54, 1.807) is 30.3 Å². The lowest BCUT2D eigenvalue weighted by atomic mass is 9.61. The lowest BCUT2D eigenvalue weighted by molar-refractivity contribution is -0.150. The standard InChI is InChI=1S/C37H38N2O5/c1-24-13-7-10-18-28(24)38-35(41)33-30(40)23-37(3,43)34(36(42)39-29-19-11-8-14-25(29)2)32(33)27-17-9-12-20-31(27)44-22-21-26-15-5-4-6-16-26/h4-20,32-34,43H,21-23H2,1-3H3,(H,38,41)(H,39,42). The number of amides is 2. The highest BCUT2D eigenvalue weighted by molar-refractivity contribution is 6.10. The fourth-order valence-corrected chi connectivity index (χ4v) is 6.12. The molecule has 5 rings (SSSR count). The molecular weight excluding hydrogens is 552 g/mol. The van der Waals surface area contributed by atoms with Crippen molar-refractivity contribution < 1.29 is 24.2 Å². The SMILES string of the molecule is Cc1ccccc1NC(=O)C1C(=O)CC(C)(O)C(C(=O)Nc2ccccc2C)C1c1ccccc1OCCc1ccccc1. The second-order valence-corrected chi connectivity index (χ2v) is 11.7. The number of hydrogen-bond donors (Lipinski definition) is 3. The molecular formula is C37H38N2O5. The van der Waals surface area contributed by atoms with Gasteiger partial charge in [0.1, 0.15) is 17.5 Å². The Bertz CT molecular complexity index is 1650. The fourth-order valence-electron chi connectivity index (χ4n) is 6.12. The summed E-state index contributed by atoms with van der Waals surface area (Å²) in [4.78, 5) is 42.0. The monoisotopic (exact) mass is 590 g/mol. The number of aryl methyl sites for hydroxylation is 2. The first-order valence-corrected chi connectivity index (χ1v) is 14.9. The molecule has 0 spiro atoms. The van der Waals surface area contributed by atoms with Gasteiger partial charge < -0.3 is 20.5 Å². The zero-order chi connectivity index (χ0) is 31.3. The predicted molar refractivity (Wildman–Crippen MR) is 172 cm³/mol. The minimum absolute atomic E-state index is 0.345. The van der Waals surface area contributed by atoms with Gasteiger partial charge in [-0.05, 0) is 61.2 Å². The van der Waals surface area contributed by atoms with E-state index in [1.165, 1.54) is 6.92 Å². The summed E-state index contributed by atoms with van der Waals surface area (Å²) < 4.78 is 6.27. The molecule has 4 aromatic carbocycles. The van der Waals surface area contributed by atoms with Crippen molar-refractivity contribution in [3.63, 3.8) is 0 Å². The molecule has 0 saturated heterocycles. The van der Waals surface area contributed by atoms with Gasteiger partial charge in [-0.15, -0.1) is 0 Å². The number of carbonyl (C=O) groups is 3. The van der Waals surface area contributed by atoms with E-state index < -0.39 is 41.0 Å². The summed E-state index contributed by atoms with van der Waals surface area (Å²) in [6, 6.07) is 31.8. The first-order chi connectivity index (χ1) is 21.2. The van der Waals surface area contributed by atoms with Crippen LogP contribution in [0.4, 0.5) is 11.4 Å². The number of hydrogen-bond acceptors (Lipinski definition) is 5. The highest BCUT2D eigenvalue weighted by Gasteiger charge is 2.56. The molecule has 226 valence electrons. The molecule has 0 aromatic heterocycles. The number of rotatable bonds is 9. The van der Waals surface area contributed by atoms with Crippen molar-refractivity contribution in [3.8, 4) is 5.75 Å². The maximum atomic E-state index is 14.2. The van der Waals surface area contributed by atoms with Gasteiger partial charge in [-0.2, -0.15) is 0 Å². The van der Waals surface area contributed by atoms with Gasteiger partial charge in [-0.25, -0.2) is 0 Å². The summed E-state index contributed by atoms with van der Waals surface area (Å²) in [5, 5.41) is 17.6. The van der Waals surface area contributed by atoms with Crippen LogP contribution in [0.25, 0.3) is 0 Å². The van der Waals surface area contributed by atoms with E-state index in [2.05, 4.69) is 10.6 Å². The Morgan fingerprint density at radius 1 is 0.795 bits per heavy atom. The Balaban J connectivity index is 1.56. The van der Waals surface area contributed by atoms with Crippen molar-refractivity contribution in [2.45, 2.75) is 45.1 Å². The zero-order valence-electron chi connectivity index (χ0n) is 25.2. The van der Waals surface area contributed by atoms with Crippen LogP contribution in [0, 0.1) is 25.7 Å². The van der Waals surface area contributed by atoms with Crippen molar-refractivity contribution in [2.75, 3.05) is 17.2 Å². The third kappa shape index (κ3) is 6.74. The number of para-hydroxylation sites is 3. The molecule has 0 aliphatic heterocycles. The molecule has 1 aliphatic rings. The number of aliphatic hydroxyl groups is 1. The minimum Gasteiger partial charge on any atom is -0.493 e. The fraction of sp³-hybridized carbons (Fsp3) is 0.270. The molecule has 0 heterocycles. The van der Waals surface area contributed by atoms with E-state index in [-0.39, 0.29) is 6.42 Å². The van der Waals surface area contributed by atoms with Gasteiger partial charge in [-0.3, -0.25) is 14.4 Å². The van der Waals surface area contributed by atoms with E-state index in [9.17, 15) is 19.5 Å². The van der Waals surface area contributed by atoms with E-state index in [0.717, 1.165) is 16.7 Å². The number of nitrogens with one attached hydrogen (secondary N) is 2. The Morgan fingerprint density at radius 3 is 1.98 bits per heavy atom. The predicted octanol–water partition coefficient (Wildman–Crippen LogP) is 6.24. The molecule has 7 heteroatoms. The summed E-state index contributed by atoms with van der Waals surface area (Å²) in [7, 11) is 0. The minimum atomic E-state index is -1.73. The summed E-state index contributed by atoms with van der Waals surface area (Å²) in [6.45, 7) is 5.59. The van der Waals surface area contributed by atoms with Crippen molar-refractivity contribution in [2.24, 2.45) is 11.8 Å². The smallest absolute Gasteiger partial charge is 0.235 e. The highest BCUT2D eigenvalue weighted by atomic mass is 16.5. The van der Waals surface area contributed by atoms with Crippen LogP contribution < -0.4 is 15.4 Å². The molecule has 44 heavy (non-hydrogen) atoms. The summed E-state index contributed by atoms with van der Waals surface area (Å²) in [5.41, 5.74) is 2.75. The summed E-state index contributed by atoms with van der Waals surface area (Å²) >= 11 is 0. The number of benzene rings is 4. The molecule has 1 aliphatic carbocycles. The van der Waals surface area contributed by atoms with Gasteiger partial charge in [-0.1, -0.05) is 84.9 Å². The van der Waals surface area contributed by atoms with Crippen molar-refractivity contribution in [3.05, 3.63) is 125 Å². The zero-order valence-corrected chi connectivity index (χ0v) is 25.2. The van der Waals surface area contributed by atoms with Gasteiger partial charge in [0, 0.05) is 30.1 Å². The number of Topliss-reactive ketones (excluding diaryl/α,β-unsaturated/α-hetero) is 1. The van der Waals surface area contributed by atoms with Crippen LogP contribution in [0.5, 0.6) is 5.75 Å². The molecule has 4 unspecified atom stereocenters. The molecule has 4 aromatic rings. The lowest BCUT2D eigenvalue weighted by Gasteiger charge is -2.44. The molecule has 1 fully saturated rings. The topological polar surface area (TPSA) is 105 Å². The Kier molecular flexibility index (Phi) is 9.26. The van der Waals surface area contributed by atoms with E-state index in [0.29, 0.717) is 35.7 Å². The molecule has 4 atom stereocenters. The van der Waals surface area contributed by atoms with Gasteiger partial charge in [0.05, 0.1) is 18.1 Å². The van der Waals surface area contributed by atoms with Crippen molar-refractivity contribution in [1.29, 1.82) is 0 Å². The Morgan fingerprint density at radius 2 is 1.34 bits per heavy atom. The third-order valence-electron chi connectivity index (χ3n) is 8.41. The number of ketones is 1. The van der Waals surface area contributed by atoms with Crippen molar-refractivity contribution >= 4 is 29.0 Å². The maximum absolute atomic E-state index is 14.2. The Labute approximate surface area is 258 Å². The maximum Gasteiger partial charge on any atom is 0.235 e. The quantitative estimate of drug-likeness (QED) is 0.200. The number of anilines is 2. The van der Waals surface area contributed by atoms with Gasteiger partial charge in [0.2, 0.25) is 11.8 Å². The van der Waals surface area contributed by atoms with Gasteiger partial charge in [0.25, 0.3) is 0 Å². The van der Waals surface area contributed by atoms with Crippen LogP contribution in [0.1, 0.15) is 41.5 Å². The van der Waals surface area contributed by atoms with Crippen LogP contribution in [0.15, 0.2) is 103 Å². The molecule has 3 N–H and O–H groups in total. The second-order valence-electron chi connectivity index (χ2n) is 11.7. The van der Waals surface area contributed by atoms with E-state index >= 15 is 0 Å². The number of ether oxygens (including phenoxy) is 1. The van der Waals surface area contributed by atoms with Crippen LogP contribution in [0.2, 0.25) is 0 Å².